The molecule has 1 aliphatic heterocycles. The molecule has 1 aliphatic rings. The van der Waals surface area contributed by atoms with Crippen LogP contribution in [-0.2, 0) is 4.74 Å². The molecule has 0 saturated carbocycles. The second kappa shape index (κ2) is 8.08. The summed E-state index contributed by atoms with van der Waals surface area (Å²) in [6.07, 6.45) is 11.2. The number of unbranched alkanes of at least 4 members (excludes halogenated alkanes) is 6. The topological polar surface area (TPSA) is 29.5 Å². The van der Waals surface area contributed by atoms with E-state index < -0.39 is 6.29 Å². The zero-order valence-corrected chi connectivity index (χ0v) is 11.0. The van der Waals surface area contributed by atoms with Crippen LogP contribution in [0.4, 0.5) is 0 Å². The molecule has 0 amide bonds. The first-order valence-corrected chi connectivity index (χ1v) is 7.07. The summed E-state index contributed by atoms with van der Waals surface area (Å²) in [7, 11) is 0. The highest BCUT2D eigenvalue weighted by Crippen LogP contribution is 2.28. The molecule has 1 N–H and O–H groups in total. The fraction of sp³-hybridized carbons (Fsp3) is 1.00. The first-order chi connectivity index (χ1) is 7.74. The Morgan fingerprint density at radius 2 is 1.69 bits per heavy atom. The minimum absolute atomic E-state index is 0.311. The van der Waals surface area contributed by atoms with E-state index in [1.54, 1.807) is 0 Å². The normalized spacial score (nSPS) is 29.8. The summed E-state index contributed by atoms with van der Waals surface area (Å²) in [5, 5.41) is 9.35. The van der Waals surface area contributed by atoms with E-state index >= 15 is 0 Å². The molecular weight excluding hydrogens is 200 g/mol. The number of aliphatic hydroxyl groups excluding tert-OH is 1. The third-order valence-corrected chi connectivity index (χ3v) is 3.63. The highest BCUT2D eigenvalue weighted by atomic mass is 16.6. The van der Waals surface area contributed by atoms with Gasteiger partial charge in [0.15, 0.2) is 6.29 Å². The van der Waals surface area contributed by atoms with Crippen LogP contribution in [0.25, 0.3) is 0 Å². The van der Waals surface area contributed by atoms with Gasteiger partial charge in [-0.3, -0.25) is 0 Å². The van der Waals surface area contributed by atoms with Gasteiger partial charge in [-0.15, -0.1) is 0 Å². The van der Waals surface area contributed by atoms with Crippen molar-refractivity contribution in [3.63, 3.8) is 0 Å². The average Bonchev–Trinajstić information content (AvgIpc) is 2.56. The molecule has 3 atom stereocenters. The molecule has 96 valence electrons. The molecule has 1 saturated heterocycles. The lowest BCUT2D eigenvalue weighted by atomic mass is 9.98. The SMILES string of the molecule is CCCCCCCCC[C@H]1OC(O)C[C@@H]1C. The molecule has 1 unspecified atom stereocenters. The Labute approximate surface area is 100 Å². The van der Waals surface area contributed by atoms with Crippen LogP contribution < -0.4 is 0 Å². The highest BCUT2D eigenvalue weighted by molar-refractivity contribution is 4.74. The van der Waals surface area contributed by atoms with Gasteiger partial charge in [0.25, 0.3) is 0 Å². The second-order valence-corrected chi connectivity index (χ2v) is 5.25. The van der Waals surface area contributed by atoms with E-state index in [1.165, 1.54) is 44.9 Å². The van der Waals surface area contributed by atoms with E-state index in [-0.39, 0.29) is 0 Å². The van der Waals surface area contributed by atoms with Crippen molar-refractivity contribution in [3.8, 4) is 0 Å². The van der Waals surface area contributed by atoms with E-state index in [1.807, 2.05) is 0 Å². The van der Waals surface area contributed by atoms with Crippen LogP contribution in [0.15, 0.2) is 0 Å². The van der Waals surface area contributed by atoms with Gasteiger partial charge in [0.05, 0.1) is 6.10 Å². The third-order valence-electron chi connectivity index (χ3n) is 3.63. The van der Waals surface area contributed by atoms with Gasteiger partial charge in [0.2, 0.25) is 0 Å². The van der Waals surface area contributed by atoms with Crippen molar-refractivity contribution >= 4 is 0 Å². The molecule has 0 aromatic rings. The van der Waals surface area contributed by atoms with Crippen molar-refractivity contribution in [2.24, 2.45) is 5.92 Å². The minimum atomic E-state index is -0.496. The van der Waals surface area contributed by atoms with E-state index in [9.17, 15) is 5.11 Å². The third kappa shape index (κ3) is 5.31. The smallest absolute Gasteiger partial charge is 0.155 e. The van der Waals surface area contributed by atoms with Gasteiger partial charge < -0.3 is 9.84 Å². The van der Waals surface area contributed by atoms with Crippen LogP contribution in [-0.4, -0.2) is 17.5 Å². The van der Waals surface area contributed by atoms with E-state index in [4.69, 9.17) is 4.74 Å². The maximum Gasteiger partial charge on any atom is 0.155 e. The quantitative estimate of drug-likeness (QED) is 0.639. The molecular formula is C14H28O2. The molecule has 0 aromatic heterocycles. The monoisotopic (exact) mass is 228 g/mol. The zero-order chi connectivity index (χ0) is 11.8. The van der Waals surface area contributed by atoms with Crippen LogP contribution >= 0.6 is 0 Å². The van der Waals surface area contributed by atoms with Crippen LogP contribution in [0, 0.1) is 5.92 Å². The van der Waals surface area contributed by atoms with Gasteiger partial charge >= 0.3 is 0 Å². The van der Waals surface area contributed by atoms with Crippen molar-refractivity contribution < 1.29 is 9.84 Å². The molecule has 0 aromatic carbocycles. The fourth-order valence-electron chi connectivity index (χ4n) is 2.52. The standard InChI is InChI=1S/C14H28O2/c1-3-4-5-6-7-8-9-10-13-12(2)11-14(15)16-13/h12-15H,3-11H2,1-2H3/t12-,13+,14?/m0/s1. The number of hydrogen-bond donors (Lipinski definition) is 1. The van der Waals surface area contributed by atoms with Crippen LogP contribution in [0.1, 0.15) is 71.6 Å². The molecule has 2 nitrogen and oxygen atoms in total. The lowest BCUT2D eigenvalue weighted by molar-refractivity contribution is -0.0937. The van der Waals surface area contributed by atoms with E-state index in [0.717, 1.165) is 12.8 Å². The Bertz CT molecular complexity index is 170. The molecule has 1 heterocycles. The van der Waals surface area contributed by atoms with Crippen LogP contribution in [0.5, 0.6) is 0 Å². The molecule has 16 heavy (non-hydrogen) atoms. The van der Waals surface area contributed by atoms with Gasteiger partial charge in [-0.25, -0.2) is 0 Å². The zero-order valence-electron chi connectivity index (χ0n) is 11.0. The van der Waals surface area contributed by atoms with E-state index in [2.05, 4.69) is 13.8 Å². The van der Waals surface area contributed by atoms with E-state index in [0.29, 0.717) is 12.0 Å². The number of hydrogen-bond acceptors (Lipinski definition) is 2. The predicted octanol–water partition coefficient (Wildman–Crippen LogP) is 3.87. The molecule has 0 bridgehead atoms. The molecule has 1 rings (SSSR count). The summed E-state index contributed by atoms with van der Waals surface area (Å²) in [5.74, 6) is 0.537. The molecule has 2 heteroatoms. The lowest BCUT2D eigenvalue weighted by Gasteiger charge is -2.13. The van der Waals surface area contributed by atoms with Crippen LogP contribution in [0.3, 0.4) is 0 Å². The molecule has 0 radical (unpaired) electrons. The Morgan fingerprint density at radius 3 is 2.25 bits per heavy atom. The van der Waals surface area contributed by atoms with Crippen LogP contribution in [0.2, 0.25) is 0 Å². The molecule has 1 fully saturated rings. The van der Waals surface area contributed by atoms with Gasteiger partial charge in [-0.05, 0) is 12.3 Å². The van der Waals surface area contributed by atoms with Crippen molar-refractivity contribution in [3.05, 3.63) is 0 Å². The fourth-order valence-corrected chi connectivity index (χ4v) is 2.52. The predicted molar refractivity (Wildman–Crippen MR) is 67.3 cm³/mol. The minimum Gasteiger partial charge on any atom is -0.368 e. The molecule has 0 spiro atoms. The lowest BCUT2D eigenvalue weighted by Crippen LogP contribution is -2.13. The van der Waals surface area contributed by atoms with Gasteiger partial charge in [0, 0.05) is 6.42 Å². The van der Waals surface area contributed by atoms with Gasteiger partial charge in [-0.1, -0.05) is 58.8 Å². The van der Waals surface area contributed by atoms with Crippen molar-refractivity contribution in [2.45, 2.75) is 84.0 Å². The Morgan fingerprint density at radius 1 is 1.06 bits per heavy atom. The summed E-state index contributed by atoms with van der Waals surface area (Å²) in [5.41, 5.74) is 0. The second-order valence-electron chi connectivity index (χ2n) is 5.25. The first kappa shape index (κ1) is 14.0. The average molecular weight is 228 g/mol. The number of ether oxygens (including phenoxy) is 1. The Hall–Kier alpha value is -0.0800. The summed E-state index contributed by atoms with van der Waals surface area (Å²) < 4.78 is 5.47. The van der Waals surface area contributed by atoms with Gasteiger partial charge in [0.1, 0.15) is 0 Å². The largest absolute Gasteiger partial charge is 0.368 e. The number of aliphatic hydroxyl groups is 1. The maximum absolute atomic E-state index is 9.35. The van der Waals surface area contributed by atoms with Crippen molar-refractivity contribution in [1.82, 2.24) is 0 Å². The first-order valence-electron chi connectivity index (χ1n) is 7.07. The highest BCUT2D eigenvalue weighted by Gasteiger charge is 2.29. The van der Waals surface area contributed by atoms with Gasteiger partial charge in [-0.2, -0.15) is 0 Å². The summed E-state index contributed by atoms with van der Waals surface area (Å²) in [4.78, 5) is 0. The summed E-state index contributed by atoms with van der Waals surface area (Å²) in [6, 6.07) is 0. The Balaban J connectivity index is 1.91. The van der Waals surface area contributed by atoms with Crippen molar-refractivity contribution in [2.75, 3.05) is 0 Å². The summed E-state index contributed by atoms with van der Waals surface area (Å²) >= 11 is 0. The number of rotatable bonds is 8. The van der Waals surface area contributed by atoms with Crippen molar-refractivity contribution in [1.29, 1.82) is 0 Å². The summed E-state index contributed by atoms with van der Waals surface area (Å²) in [6.45, 7) is 4.44. The maximum atomic E-state index is 9.35. The molecule has 0 aliphatic carbocycles. The Kier molecular flexibility index (Phi) is 7.06.